The highest BCUT2D eigenvalue weighted by Gasteiger charge is 2.14. The summed E-state index contributed by atoms with van der Waals surface area (Å²) in [5, 5.41) is 2.93. The molecule has 1 amide bonds. The van der Waals surface area contributed by atoms with Gasteiger partial charge in [0.05, 0.1) is 18.1 Å². The van der Waals surface area contributed by atoms with E-state index in [1.807, 2.05) is 24.3 Å². The Morgan fingerprint density at radius 1 is 1.17 bits per heavy atom. The minimum absolute atomic E-state index is 0.175. The molecule has 124 valence electrons. The molecule has 3 aromatic rings. The van der Waals surface area contributed by atoms with E-state index in [9.17, 15) is 4.79 Å². The van der Waals surface area contributed by atoms with Crippen molar-refractivity contribution in [2.45, 2.75) is 26.3 Å². The van der Waals surface area contributed by atoms with Crippen molar-refractivity contribution < 1.29 is 9.53 Å². The van der Waals surface area contributed by atoms with Crippen molar-refractivity contribution in [3.8, 4) is 5.75 Å². The lowest BCUT2D eigenvalue weighted by molar-refractivity contribution is 0.102. The lowest BCUT2D eigenvalue weighted by atomic mass is 10.2. The number of anilines is 1. The number of unbranched alkanes of at least 4 members (excludes halogenated alkanes) is 1. The molecule has 0 atom stereocenters. The van der Waals surface area contributed by atoms with Crippen LogP contribution in [0.1, 0.15) is 30.1 Å². The molecule has 0 aliphatic rings. The molecule has 2 aromatic carbocycles. The maximum absolute atomic E-state index is 12.5. The Hall–Kier alpha value is -2.82. The van der Waals surface area contributed by atoms with E-state index in [0.29, 0.717) is 11.5 Å². The van der Waals surface area contributed by atoms with Crippen LogP contribution in [0.2, 0.25) is 0 Å². The van der Waals surface area contributed by atoms with Crippen molar-refractivity contribution in [3.63, 3.8) is 0 Å². The Morgan fingerprint density at radius 3 is 2.62 bits per heavy atom. The van der Waals surface area contributed by atoms with E-state index in [1.165, 1.54) is 0 Å². The summed E-state index contributed by atoms with van der Waals surface area (Å²) in [5.74, 6) is 1.14. The zero-order chi connectivity index (χ0) is 16.9. The number of carbonyl (C=O) groups is 1. The van der Waals surface area contributed by atoms with Gasteiger partial charge in [0.2, 0.25) is 5.95 Å². The predicted molar refractivity (Wildman–Crippen MR) is 95.6 cm³/mol. The van der Waals surface area contributed by atoms with Gasteiger partial charge in [0.25, 0.3) is 5.91 Å². The first-order chi connectivity index (χ1) is 11.7. The molecule has 1 N–H and O–H groups in total. The fourth-order valence-electron chi connectivity index (χ4n) is 2.63. The largest absolute Gasteiger partial charge is 0.497 e. The molecule has 0 fully saturated rings. The molecule has 3 rings (SSSR count). The summed E-state index contributed by atoms with van der Waals surface area (Å²) in [6.45, 7) is 2.98. The molecule has 0 aliphatic carbocycles. The van der Waals surface area contributed by atoms with Crippen LogP contribution in [0.3, 0.4) is 0 Å². The number of amides is 1. The molecule has 0 saturated carbocycles. The molecule has 0 unspecified atom stereocenters. The Balaban J connectivity index is 1.88. The van der Waals surface area contributed by atoms with Gasteiger partial charge in [-0.25, -0.2) is 4.98 Å². The summed E-state index contributed by atoms with van der Waals surface area (Å²) in [4.78, 5) is 17.1. The van der Waals surface area contributed by atoms with Crippen LogP contribution in [0, 0.1) is 0 Å². The van der Waals surface area contributed by atoms with Crippen LogP contribution in [-0.4, -0.2) is 22.6 Å². The number of methoxy groups -OCH3 is 1. The molecule has 0 bridgehead atoms. The van der Waals surface area contributed by atoms with Crippen LogP contribution >= 0.6 is 0 Å². The fraction of sp³-hybridized carbons (Fsp3) is 0.263. The summed E-state index contributed by atoms with van der Waals surface area (Å²) >= 11 is 0. The number of hydrogen-bond acceptors (Lipinski definition) is 3. The number of ether oxygens (including phenoxy) is 1. The molecule has 1 heterocycles. The molecule has 1 aromatic heterocycles. The van der Waals surface area contributed by atoms with Crippen LogP contribution in [-0.2, 0) is 6.54 Å². The highest BCUT2D eigenvalue weighted by molar-refractivity contribution is 6.04. The second-order valence-corrected chi connectivity index (χ2v) is 5.61. The van der Waals surface area contributed by atoms with Crippen molar-refractivity contribution in [1.82, 2.24) is 9.55 Å². The van der Waals surface area contributed by atoms with Gasteiger partial charge in [0.1, 0.15) is 5.75 Å². The summed E-state index contributed by atoms with van der Waals surface area (Å²) in [7, 11) is 1.60. The number of imidazole rings is 1. The number of aryl methyl sites for hydroxylation is 1. The molecule has 0 spiro atoms. The highest BCUT2D eigenvalue weighted by atomic mass is 16.5. The average Bonchev–Trinajstić information content (AvgIpc) is 2.97. The number of fused-ring (bicyclic) bond motifs is 1. The second kappa shape index (κ2) is 7.17. The minimum atomic E-state index is -0.175. The fourth-order valence-corrected chi connectivity index (χ4v) is 2.63. The smallest absolute Gasteiger partial charge is 0.257 e. The van der Waals surface area contributed by atoms with E-state index >= 15 is 0 Å². The average molecular weight is 323 g/mol. The van der Waals surface area contributed by atoms with Crippen LogP contribution < -0.4 is 10.1 Å². The topological polar surface area (TPSA) is 56.2 Å². The van der Waals surface area contributed by atoms with Gasteiger partial charge >= 0.3 is 0 Å². The Bertz CT molecular complexity index is 837. The molecule has 0 saturated heterocycles. The van der Waals surface area contributed by atoms with Gasteiger partial charge in [-0.15, -0.1) is 0 Å². The Kier molecular flexibility index (Phi) is 4.79. The first kappa shape index (κ1) is 16.1. The normalized spacial score (nSPS) is 10.8. The van der Waals surface area contributed by atoms with E-state index in [2.05, 4.69) is 21.8 Å². The Morgan fingerprint density at radius 2 is 1.92 bits per heavy atom. The maximum Gasteiger partial charge on any atom is 0.257 e. The van der Waals surface area contributed by atoms with Gasteiger partial charge in [-0.1, -0.05) is 25.5 Å². The molecular formula is C19H21N3O2. The SMILES string of the molecule is CCCCn1c(NC(=O)c2ccc(OC)cc2)nc2ccccc21. The molecule has 0 radical (unpaired) electrons. The van der Waals surface area contributed by atoms with Crippen molar-refractivity contribution >= 4 is 22.9 Å². The summed E-state index contributed by atoms with van der Waals surface area (Å²) in [5.41, 5.74) is 2.50. The van der Waals surface area contributed by atoms with Crippen molar-refractivity contribution in [1.29, 1.82) is 0 Å². The zero-order valence-corrected chi connectivity index (χ0v) is 14.0. The third-order valence-electron chi connectivity index (χ3n) is 3.97. The number of rotatable bonds is 6. The number of benzene rings is 2. The van der Waals surface area contributed by atoms with Gasteiger partial charge in [-0.2, -0.15) is 0 Å². The summed E-state index contributed by atoms with van der Waals surface area (Å²) < 4.78 is 7.19. The monoisotopic (exact) mass is 323 g/mol. The molecule has 5 nitrogen and oxygen atoms in total. The first-order valence-corrected chi connectivity index (χ1v) is 8.13. The van der Waals surface area contributed by atoms with Crippen LogP contribution in [0.4, 0.5) is 5.95 Å². The van der Waals surface area contributed by atoms with Crippen molar-refractivity contribution in [3.05, 3.63) is 54.1 Å². The van der Waals surface area contributed by atoms with E-state index in [1.54, 1.807) is 31.4 Å². The number of aromatic nitrogens is 2. The minimum Gasteiger partial charge on any atom is -0.497 e. The summed E-state index contributed by atoms with van der Waals surface area (Å²) in [6, 6.07) is 15.0. The van der Waals surface area contributed by atoms with Gasteiger partial charge in [0, 0.05) is 12.1 Å². The number of para-hydroxylation sites is 2. The van der Waals surface area contributed by atoms with Crippen molar-refractivity contribution in [2.75, 3.05) is 12.4 Å². The third kappa shape index (κ3) is 3.25. The third-order valence-corrected chi connectivity index (χ3v) is 3.97. The van der Waals surface area contributed by atoms with Crippen LogP contribution in [0.25, 0.3) is 11.0 Å². The molecule has 0 aliphatic heterocycles. The second-order valence-electron chi connectivity index (χ2n) is 5.61. The number of carbonyl (C=O) groups excluding carboxylic acids is 1. The van der Waals surface area contributed by atoms with Crippen LogP contribution in [0.5, 0.6) is 5.75 Å². The van der Waals surface area contributed by atoms with Crippen molar-refractivity contribution in [2.24, 2.45) is 0 Å². The summed E-state index contributed by atoms with van der Waals surface area (Å²) in [6.07, 6.45) is 2.12. The van der Waals surface area contributed by atoms with Gasteiger partial charge < -0.3 is 9.30 Å². The standard InChI is InChI=1S/C19H21N3O2/c1-3-4-13-22-17-8-6-5-7-16(17)20-19(22)21-18(23)14-9-11-15(24-2)12-10-14/h5-12H,3-4,13H2,1-2H3,(H,20,21,23). The number of nitrogens with zero attached hydrogens (tertiary/aromatic N) is 2. The van der Waals surface area contributed by atoms with Gasteiger partial charge in [0.15, 0.2) is 0 Å². The van der Waals surface area contributed by atoms with Gasteiger partial charge in [-0.3, -0.25) is 10.1 Å². The van der Waals surface area contributed by atoms with E-state index in [4.69, 9.17) is 4.74 Å². The number of nitrogens with one attached hydrogen (secondary N) is 1. The van der Waals surface area contributed by atoms with E-state index in [0.717, 1.165) is 36.2 Å². The van der Waals surface area contributed by atoms with E-state index in [-0.39, 0.29) is 5.91 Å². The molecule has 5 heteroatoms. The quantitative estimate of drug-likeness (QED) is 0.743. The lowest BCUT2D eigenvalue weighted by Crippen LogP contribution is -2.16. The predicted octanol–water partition coefficient (Wildman–Crippen LogP) is 4.10. The highest BCUT2D eigenvalue weighted by Crippen LogP contribution is 2.21. The zero-order valence-electron chi connectivity index (χ0n) is 14.0. The molecule has 24 heavy (non-hydrogen) atoms. The molecular weight excluding hydrogens is 302 g/mol. The van der Waals surface area contributed by atoms with E-state index < -0.39 is 0 Å². The van der Waals surface area contributed by atoms with Gasteiger partial charge in [-0.05, 0) is 42.8 Å². The van der Waals surface area contributed by atoms with Crippen LogP contribution in [0.15, 0.2) is 48.5 Å². The first-order valence-electron chi connectivity index (χ1n) is 8.13. The Labute approximate surface area is 141 Å². The lowest BCUT2D eigenvalue weighted by Gasteiger charge is -2.10. The number of hydrogen-bond donors (Lipinski definition) is 1. The maximum atomic E-state index is 12.5.